The van der Waals surface area contributed by atoms with Crippen LogP contribution in [0.15, 0.2) is 48.5 Å². The third-order valence-corrected chi connectivity index (χ3v) is 4.97. The summed E-state index contributed by atoms with van der Waals surface area (Å²) >= 11 is 0. The number of hydrogen-bond acceptors (Lipinski definition) is 4. The van der Waals surface area contributed by atoms with Gasteiger partial charge >= 0.3 is 0 Å². The Bertz CT molecular complexity index is 927. The van der Waals surface area contributed by atoms with E-state index in [1.165, 1.54) is 5.56 Å². The van der Waals surface area contributed by atoms with Gasteiger partial charge < -0.3 is 10.2 Å². The van der Waals surface area contributed by atoms with Crippen LogP contribution in [0.25, 0.3) is 0 Å². The Kier molecular flexibility index (Phi) is 4.91. The van der Waals surface area contributed by atoms with E-state index in [0.29, 0.717) is 11.4 Å². The average molecular weight is 373 g/mol. The smallest absolute Gasteiger partial charge is 0.249 e. The van der Waals surface area contributed by atoms with E-state index in [-0.39, 0.29) is 11.9 Å². The van der Waals surface area contributed by atoms with Crippen molar-refractivity contribution in [1.29, 1.82) is 0 Å². The molecule has 138 valence electrons. The number of hydrogen-bond donors (Lipinski definition) is 2. The van der Waals surface area contributed by atoms with Gasteiger partial charge in [-0.25, -0.2) is 8.42 Å². The van der Waals surface area contributed by atoms with Crippen molar-refractivity contribution in [3.05, 3.63) is 54.1 Å². The zero-order valence-corrected chi connectivity index (χ0v) is 15.9. The maximum Gasteiger partial charge on any atom is 0.249 e. The van der Waals surface area contributed by atoms with Gasteiger partial charge in [0.05, 0.1) is 11.9 Å². The number of fused-ring (bicyclic) bond motifs is 1. The molecule has 0 radical (unpaired) electrons. The second-order valence-corrected chi connectivity index (χ2v) is 8.46. The van der Waals surface area contributed by atoms with Gasteiger partial charge in [0.25, 0.3) is 0 Å². The Morgan fingerprint density at radius 3 is 2.58 bits per heavy atom. The van der Waals surface area contributed by atoms with Crippen molar-refractivity contribution in [2.24, 2.45) is 0 Å². The van der Waals surface area contributed by atoms with Crippen molar-refractivity contribution in [2.75, 3.05) is 21.2 Å². The number of nitrogens with zero attached hydrogens (tertiary/aromatic N) is 1. The van der Waals surface area contributed by atoms with E-state index in [2.05, 4.69) is 16.1 Å². The van der Waals surface area contributed by atoms with E-state index in [1.807, 2.05) is 36.9 Å². The summed E-state index contributed by atoms with van der Waals surface area (Å²) in [7, 11) is -3.35. The maximum absolute atomic E-state index is 13.0. The standard InChI is InChI=1S/C19H23N3O3S/c1-13-11-15-7-4-5-10-18(15)22(13)19(23)14(2)20-16-8-6-9-17(12-16)21-26(3,24)25/h4-10,12-14,20-21H,11H2,1-3H3/t13-,14+/m1/s1. The number of rotatable bonds is 5. The molecule has 0 saturated heterocycles. The van der Waals surface area contributed by atoms with Crippen LogP contribution in [-0.4, -0.2) is 32.7 Å². The zero-order valence-electron chi connectivity index (χ0n) is 15.1. The molecule has 1 aliphatic heterocycles. The van der Waals surface area contributed by atoms with Crippen molar-refractivity contribution >= 4 is 33.0 Å². The fourth-order valence-electron chi connectivity index (χ4n) is 3.31. The Morgan fingerprint density at radius 1 is 1.15 bits per heavy atom. The number of benzene rings is 2. The summed E-state index contributed by atoms with van der Waals surface area (Å²) in [5, 5.41) is 3.17. The van der Waals surface area contributed by atoms with Crippen LogP contribution >= 0.6 is 0 Å². The lowest BCUT2D eigenvalue weighted by Crippen LogP contribution is -2.44. The summed E-state index contributed by atoms with van der Waals surface area (Å²) in [6, 6.07) is 14.5. The van der Waals surface area contributed by atoms with Crippen molar-refractivity contribution in [1.82, 2.24) is 0 Å². The van der Waals surface area contributed by atoms with Crippen molar-refractivity contribution in [2.45, 2.75) is 32.4 Å². The summed E-state index contributed by atoms with van der Waals surface area (Å²) in [4.78, 5) is 14.8. The third-order valence-electron chi connectivity index (χ3n) is 4.36. The van der Waals surface area contributed by atoms with E-state index in [4.69, 9.17) is 0 Å². The molecule has 26 heavy (non-hydrogen) atoms. The minimum Gasteiger partial charge on any atom is -0.374 e. The van der Waals surface area contributed by atoms with E-state index >= 15 is 0 Å². The quantitative estimate of drug-likeness (QED) is 0.845. The molecule has 1 amide bonds. The van der Waals surface area contributed by atoms with Crippen LogP contribution in [0, 0.1) is 0 Å². The molecular weight excluding hydrogens is 350 g/mol. The number of carbonyl (C=O) groups excluding carboxylic acids is 1. The molecule has 0 fully saturated rings. The minimum atomic E-state index is -3.35. The first-order valence-electron chi connectivity index (χ1n) is 8.50. The SMILES string of the molecule is C[C@H](Nc1cccc(NS(C)(=O)=O)c1)C(=O)N1c2ccccc2C[C@H]1C. The molecule has 0 unspecified atom stereocenters. The van der Waals surface area contributed by atoms with E-state index < -0.39 is 16.1 Å². The number of amides is 1. The van der Waals surface area contributed by atoms with Crippen LogP contribution in [0.2, 0.25) is 0 Å². The van der Waals surface area contributed by atoms with Crippen LogP contribution < -0.4 is 14.9 Å². The fraction of sp³-hybridized carbons (Fsp3) is 0.316. The van der Waals surface area contributed by atoms with Gasteiger partial charge in [-0.15, -0.1) is 0 Å². The van der Waals surface area contributed by atoms with Crippen LogP contribution in [-0.2, 0) is 21.2 Å². The zero-order chi connectivity index (χ0) is 18.9. The topological polar surface area (TPSA) is 78.5 Å². The number of para-hydroxylation sites is 1. The highest BCUT2D eigenvalue weighted by molar-refractivity contribution is 7.92. The molecule has 0 saturated carbocycles. The summed E-state index contributed by atoms with van der Waals surface area (Å²) in [5.74, 6) is -0.0103. The molecular formula is C19H23N3O3S. The first-order valence-corrected chi connectivity index (χ1v) is 10.4. The molecule has 1 heterocycles. The van der Waals surface area contributed by atoms with Gasteiger partial charge in [-0.05, 0) is 50.1 Å². The molecule has 0 aromatic heterocycles. The second kappa shape index (κ2) is 6.99. The minimum absolute atomic E-state index is 0.0103. The molecule has 2 atom stereocenters. The van der Waals surface area contributed by atoms with Crippen LogP contribution in [0.5, 0.6) is 0 Å². The first-order chi connectivity index (χ1) is 12.2. The van der Waals surface area contributed by atoms with Gasteiger partial charge in [0.1, 0.15) is 6.04 Å². The first kappa shape index (κ1) is 18.3. The summed E-state index contributed by atoms with van der Waals surface area (Å²) in [6.45, 7) is 3.86. The Balaban J connectivity index is 1.75. The van der Waals surface area contributed by atoms with Crippen molar-refractivity contribution in [3.63, 3.8) is 0 Å². The predicted molar refractivity (Wildman–Crippen MR) is 105 cm³/mol. The molecule has 7 heteroatoms. The van der Waals surface area contributed by atoms with Crippen molar-refractivity contribution < 1.29 is 13.2 Å². The number of nitrogens with one attached hydrogen (secondary N) is 2. The van der Waals surface area contributed by atoms with Crippen LogP contribution in [0.3, 0.4) is 0 Å². The molecule has 2 N–H and O–H groups in total. The van der Waals surface area contributed by atoms with E-state index in [0.717, 1.165) is 18.4 Å². The van der Waals surface area contributed by atoms with Crippen LogP contribution in [0.1, 0.15) is 19.4 Å². The van der Waals surface area contributed by atoms with Gasteiger partial charge in [0, 0.05) is 17.4 Å². The Labute approximate surface area is 154 Å². The fourth-order valence-corrected chi connectivity index (χ4v) is 3.86. The highest BCUT2D eigenvalue weighted by Crippen LogP contribution is 2.32. The van der Waals surface area contributed by atoms with Crippen LogP contribution in [0.4, 0.5) is 17.1 Å². The third kappa shape index (κ3) is 3.99. The lowest BCUT2D eigenvalue weighted by molar-refractivity contribution is -0.119. The molecule has 3 rings (SSSR count). The Morgan fingerprint density at radius 2 is 1.85 bits per heavy atom. The van der Waals surface area contributed by atoms with Gasteiger partial charge in [0.2, 0.25) is 15.9 Å². The lowest BCUT2D eigenvalue weighted by Gasteiger charge is -2.27. The monoisotopic (exact) mass is 373 g/mol. The normalized spacial score (nSPS) is 17.5. The second-order valence-electron chi connectivity index (χ2n) is 6.71. The average Bonchev–Trinajstić information content (AvgIpc) is 2.88. The summed E-state index contributed by atoms with van der Waals surface area (Å²) in [6.07, 6.45) is 1.95. The van der Waals surface area contributed by atoms with Crippen molar-refractivity contribution in [3.8, 4) is 0 Å². The van der Waals surface area contributed by atoms with E-state index in [1.54, 1.807) is 24.3 Å². The van der Waals surface area contributed by atoms with Gasteiger partial charge in [-0.1, -0.05) is 24.3 Å². The molecule has 2 aromatic rings. The summed E-state index contributed by atoms with van der Waals surface area (Å²) < 4.78 is 25.2. The highest BCUT2D eigenvalue weighted by atomic mass is 32.2. The number of anilines is 3. The Hall–Kier alpha value is -2.54. The largest absolute Gasteiger partial charge is 0.374 e. The summed E-state index contributed by atoms with van der Waals surface area (Å²) in [5.41, 5.74) is 3.28. The number of carbonyl (C=O) groups is 1. The molecule has 2 aromatic carbocycles. The maximum atomic E-state index is 13.0. The van der Waals surface area contributed by atoms with Gasteiger partial charge in [0.15, 0.2) is 0 Å². The predicted octanol–water partition coefficient (Wildman–Crippen LogP) is 2.84. The van der Waals surface area contributed by atoms with Gasteiger partial charge in [-0.3, -0.25) is 9.52 Å². The molecule has 1 aliphatic rings. The lowest BCUT2D eigenvalue weighted by atomic mass is 10.1. The van der Waals surface area contributed by atoms with E-state index in [9.17, 15) is 13.2 Å². The molecule has 0 bridgehead atoms. The van der Waals surface area contributed by atoms with Gasteiger partial charge in [-0.2, -0.15) is 0 Å². The molecule has 0 spiro atoms. The highest BCUT2D eigenvalue weighted by Gasteiger charge is 2.32. The molecule has 6 nitrogen and oxygen atoms in total. The molecule has 0 aliphatic carbocycles. The number of sulfonamides is 1.